The van der Waals surface area contributed by atoms with Gasteiger partial charge in [0.05, 0.1) is 32.7 Å². The van der Waals surface area contributed by atoms with Crippen molar-refractivity contribution in [1.82, 2.24) is 29.6 Å². The van der Waals surface area contributed by atoms with E-state index in [0.29, 0.717) is 45.1 Å². The second-order valence-corrected chi connectivity index (χ2v) is 14.2. The van der Waals surface area contributed by atoms with Gasteiger partial charge in [-0.25, -0.2) is 14.7 Å². The van der Waals surface area contributed by atoms with Crippen molar-refractivity contribution in [2.24, 2.45) is 0 Å². The Hall–Kier alpha value is -2.76. The minimum Gasteiger partial charge on any atom is -0.759 e. The summed E-state index contributed by atoms with van der Waals surface area (Å²) in [5.74, 6) is 5.95. The van der Waals surface area contributed by atoms with Crippen LogP contribution in [0.15, 0.2) is 54.6 Å². The molecule has 2 fully saturated rings. The summed E-state index contributed by atoms with van der Waals surface area (Å²) in [5, 5.41) is 9.92. The molecule has 240 valence electrons. The lowest BCUT2D eigenvalue weighted by molar-refractivity contribution is 0.0717. The van der Waals surface area contributed by atoms with E-state index in [-0.39, 0.29) is 12.2 Å². The highest BCUT2D eigenvalue weighted by Gasteiger charge is 2.31. The van der Waals surface area contributed by atoms with Crippen LogP contribution in [0.5, 0.6) is 0 Å². The first-order chi connectivity index (χ1) is 22.3. The molecule has 0 bridgehead atoms. The summed E-state index contributed by atoms with van der Waals surface area (Å²) < 4.78 is 28.2. The summed E-state index contributed by atoms with van der Waals surface area (Å²) in [6.45, 7) is 2.55. The van der Waals surface area contributed by atoms with Gasteiger partial charge < -0.3 is 4.55 Å². The Morgan fingerprint density at radius 2 is 1.63 bits per heavy atom. The standard InChI is InChI=1S/C32H31Cl3N6O3S2/c33-23-9-6-22(7-10-23)8-12-25-13-15-29(45-25)31-26(21-40(46(43)44)39-18-4-5-19-39)30(32(42)37-38-16-2-1-3-17-38)36-41(31)28-14-11-24(34)20-27(28)35/h6-7,9-11,13-15,20H,1-5,16-19,21H2,(H,37,42)(H,43,44)/p-1. The molecule has 1 atom stereocenters. The van der Waals surface area contributed by atoms with Gasteiger partial charge in [0.2, 0.25) is 0 Å². The zero-order valence-corrected chi connectivity index (χ0v) is 28.6. The number of aromatic nitrogens is 2. The molecule has 9 nitrogen and oxygen atoms in total. The first-order valence-electron chi connectivity index (χ1n) is 14.9. The number of hydrazine groups is 2. The number of rotatable bonds is 8. The predicted molar refractivity (Wildman–Crippen MR) is 182 cm³/mol. The monoisotopic (exact) mass is 715 g/mol. The molecule has 14 heteroatoms. The largest absolute Gasteiger partial charge is 0.759 e. The summed E-state index contributed by atoms with van der Waals surface area (Å²) in [6.07, 6.45) is 4.81. The number of thiophene rings is 1. The maximum absolute atomic E-state index is 14.0. The lowest BCUT2D eigenvalue weighted by atomic mass is 10.1. The van der Waals surface area contributed by atoms with Gasteiger partial charge in [0.15, 0.2) is 5.69 Å². The number of nitrogens with one attached hydrogen (secondary N) is 1. The number of carbonyl (C=O) groups is 1. The second kappa shape index (κ2) is 15.0. The first kappa shape index (κ1) is 33.2. The molecule has 1 amide bonds. The predicted octanol–water partition coefficient (Wildman–Crippen LogP) is 6.70. The molecule has 0 spiro atoms. The van der Waals surface area contributed by atoms with Crippen molar-refractivity contribution < 1.29 is 13.6 Å². The van der Waals surface area contributed by atoms with Crippen LogP contribution in [-0.4, -0.2) is 65.1 Å². The van der Waals surface area contributed by atoms with Crippen molar-refractivity contribution in [1.29, 1.82) is 0 Å². The van der Waals surface area contributed by atoms with Crippen molar-refractivity contribution in [2.45, 2.75) is 38.6 Å². The van der Waals surface area contributed by atoms with Gasteiger partial charge in [-0.15, -0.1) is 11.3 Å². The summed E-state index contributed by atoms with van der Waals surface area (Å²) >= 11 is 17.8. The van der Waals surface area contributed by atoms with Crippen LogP contribution >= 0.6 is 46.1 Å². The van der Waals surface area contributed by atoms with E-state index in [2.05, 4.69) is 17.3 Å². The summed E-state index contributed by atoms with van der Waals surface area (Å²) in [6, 6.07) is 16.1. The lowest BCUT2D eigenvalue weighted by Crippen LogP contribution is -2.46. The van der Waals surface area contributed by atoms with Crippen molar-refractivity contribution in [2.75, 3.05) is 26.2 Å². The summed E-state index contributed by atoms with van der Waals surface area (Å²) in [5.41, 5.74) is 5.44. The second-order valence-electron chi connectivity index (χ2n) is 11.0. The Balaban J connectivity index is 1.49. The lowest BCUT2D eigenvalue weighted by Gasteiger charge is -2.33. The van der Waals surface area contributed by atoms with E-state index in [9.17, 15) is 13.6 Å². The van der Waals surface area contributed by atoms with Crippen LogP contribution in [0.3, 0.4) is 0 Å². The van der Waals surface area contributed by atoms with Gasteiger partial charge in [-0.3, -0.25) is 14.4 Å². The van der Waals surface area contributed by atoms with Crippen LogP contribution in [0.2, 0.25) is 15.1 Å². The highest BCUT2D eigenvalue weighted by molar-refractivity contribution is 7.76. The average Bonchev–Trinajstić information content (AvgIpc) is 3.80. The van der Waals surface area contributed by atoms with Crippen molar-refractivity contribution in [3.63, 3.8) is 0 Å². The van der Waals surface area contributed by atoms with Crippen molar-refractivity contribution in [3.8, 4) is 28.1 Å². The van der Waals surface area contributed by atoms with Crippen LogP contribution < -0.4 is 5.43 Å². The van der Waals surface area contributed by atoms with Crippen molar-refractivity contribution in [3.05, 3.63) is 91.4 Å². The fourth-order valence-corrected chi connectivity index (χ4v) is 7.69. The maximum Gasteiger partial charge on any atom is 0.286 e. The van der Waals surface area contributed by atoms with Gasteiger partial charge in [0.1, 0.15) is 0 Å². The van der Waals surface area contributed by atoms with Gasteiger partial charge in [-0.2, -0.15) is 9.51 Å². The number of benzene rings is 2. The molecule has 4 aromatic rings. The van der Waals surface area contributed by atoms with Crippen molar-refractivity contribution >= 4 is 63.3 Å². The topological polar surface area (TPSA) is 96.8 Å². The number of amides is 1. The molecule has 4 heterocycles. The van der Waals surface area contributed by atoms with Crippen LogP contribution in [0, 0.1) is 11.8 Å². The molecule has 46 heavy (non-hydrogen) atoms. The molecule has 1 unspecified atom stereocenters. The highest BCUT2D eigenvalue weighted by atomic mass is 35.5. The molecule has 1 N–H and O–H groups in total. The summed E-state index contributed by atoms with van der Waals surface area (Å²) in [7, 11) is 0. The fourth-order valence-electron chi connectivity index (χ4n) is 5.57. The number of hydrogen-bond acceptors (Lipinski definition) is 7. The van der Waals surface area contributed by atoms with E-state index in [1.807, 2.05) is 29.3 Å². The molecule has 2 aliphatic rings. The zero-order valence-electron chi connectivity index (χ0n) is 24.7. The minimum absolute atomic E-state index is 0.0942. The minimum atomic E-state index is -2.59. The van der Waals surface area contributed by atoms with Gasteiger partial charge >= 0.3 is 0 Å². The van der Waals surface area contributed by atoms with E-state index >= 15 is 0 Å². The van der Waals surface area contributed by atoms with Crippen LogP contribution in [-0.2, 0) is 17.8 Å². The number of carbonyl (C=O) groups excluding carboxylic acids is 1. The van der Waals surface area contributed by atoms with Gasteiger partial charge in [0, 0.05) is 58.6 Å². The molecule has 0 aliphatic carbocycles. The van der Waals surface area contributed by atoms with Gasteiger partial charge in [-0.05, 0) is 80.3 Å². The Labute approximate surface area is 289 Å². The zero-order chi connectivity index (χ0) is 32.2. The summed E-state index contributed by atoms with van der Waals surface area (Å²) in [4.78, 5) is 15.5. The van der Waals surface area contributed by atoms with Gasteiger partial charge in [0.25, 0.3) is 5.91 Å². The maximum atomic E-state index is 14.0. The van der Waals surface area contributed by atoms with Gasteiger partial charge in [-0.1, -0.05) is 53.1 Å². The number of halogens is 3. The third-order valence-electron chi connectivity index (χ3n) is 7.83. The average molecular weight is 717 g/mol. The fraction of sp³-hybridized carbons (Fsp3) is 0.312. The highest BCUT2D eigenvalue weighted by Crippen LogP contribution is 2.37. The van der Waals surface area contributed by atoms with E-state index in [1.165, 1.54) is 15.8 Å². The smallest absolute Gasteiger partial charge is 0.286 e. The Morgan fingerprint density at radius 1 is 0.935 bits per heavy atom. The van der Waals surface area contributed by atoms with E-state index in [0.717, 1.165) is 60.5 Å². The quantitative estimate of drug-likeness (QED) is 0.161. The molecule has 6 rings (SSSR count). The third kappa shape index (κ3) is 7.68. The van der Waals surface area contributed by atoms with E-state index in [1.54, 1.807) is 40.0 Å². The molecule has 0 saturated carbocycles. The number of nitrogens with zero attached hydrogens (tertiary/aromatic N) is 5. The van der Waals surface area contributed by atoms with Crippen LogP contribution in [0.1, 0.15) is 58.6 Å². The Morgan fingerprint density at radius 3 is 2.33 bits per heavy atom. The Kier molecular flexibility index (Phi) is 10.8. The molecule has 0 radical (unpaired) electrons. The normalized spacial score (nSPS) is 16.4. The van der Waals surface area contributed by atoms with E-state index < -0.39 is 17.2 Å². The van der Waals surface area contributed by atoms with Crippen LogP contribution in [0.25, 0.3) is 16.3 Å². The van der Waals surface area contributed by atoms with E-state index in [4.69, 9.17) is 39.9 Å². The SMILES string of the molecule is O=C(NN1CCCCC1)c1nn(-c2ccc(Cl)cc2Cl)c(-c2ccc(C#Cc3ccc(Cl)cc3)s2)c1CN(N1CCCC1)S(=O)[O-]. The third-order valence-corrected chi connectivity index (χ3v) is 10.3. The molecular weight excluding hydrogens is 687 g/mol. The number of piperidine rings is 1. The van der Waals surface area contributed by atoms with Crippen LogP contribution in [0.4, 0.5) is 0 Å². The number of hydrogen-bond donors (Lipinski definition) is 1. The molecule has 2 aromatic carbocycles. The molecular formula is C32H30Cl3N6O3S2-. The Bertz CT molecular complexity index is 1810. The molecule has 2 aliphatic heterocycles. The molecule has 2 saturated heterocycles. The first-order valence-corrected chi connectivity index (χ1v) is 17.9. The molecule has 2 aromatic heterocycles.